The number of rotatable bonds is 3. The first-order valence-electron chi connectivity index (χ1n) is 4.64. The molecule has 13 heavy (non-hydrogen) atoms. The molecule has 1 aromatic heterocycles. The van der Waals surface area contributed by atoms with Crippen LogP contribution in [0, 0.1) is 5.41 Å². The standard InChI is InChI=1S/C9H15N3S/c1-9(3-2-4-9)6-11-8-5-7(10)12-13-8/h5,11H,2-4,6H2,1H3,(H2,10,12). The summed E-state index contributed by atoms with van der Waals surface area (Å²) in [6.07, 6.45) is 4.06. The smallest absolute Gasteiger partial charge is 0.139 e. The molecular weight excluding hydrogens is 182 g/mol. The molecule has 0 spiro atoms. The van der Waals surface area contributed by atoms with Crippen LogP contribution in [0.1, 0.15) is 26.2 Å². The number of nitrogen functional groups attached to an aromatic ring is 1. The number of nitrogens with one attached hydrogen (secondary N) is 1. The molecule has 4 heteroatoms. The number of nitrogens with zero attached hydrogens (tertiary/aromatic N) is 1. The van der Waals surface area contributed by atoms with Crippen molar-refractivity contribution >= 4 is 22.4 Å². The van der Waals surface area contributed by atoms with E-state index in [0.717, 1.165) is 11.5 Å². The summed E-state index contributed by atoms with van der Waals surface area (Å²) >= 11 is 1.44. The van der Waals surface area contributed by atoms with E-state index < -0.39 is 0 Å². The summed E-state index contributed by atoms with van der Waals surface area (Å²) in [7, 11) is 0. The van der Waals surface area contributed by atoms with Gasteiger partial charge in [-0.2, -0.15) is 4.37 Å². The molecule has 2 rings (SSSR count). The maximum absolute atomic E-state index is 5.52. The third kappa shape index (κ3) is 1.94. The minimum Gasteiger partial charge on any atom is -0.383 e. The molecule has 1 aliphatic rings. The minimum absolute atomic E-state index is 0.513. The van der Waals surface area contributed by atoms with Gasteiger partial charge in [-0.25, -0.2) is 0 Å². The Hall–Kier alpha value is -0.770. The molecule has 72 valence electrons. The second kappa shape index (κ2) is 3.18. The summed E-state index contributed by atoms with van der Waals surface area (Å²) in [4.78, 5) is 0. The quantitative estimate of drug-likeness (QED) is 0.782. The van der Waals surface area contributed by atoms with Crippen LogP contribution < -0.4 is 11.1 Å². The van der Waals surface area contributed by atoms with Crippen LogP contribution in [0.4, 0.5) is 10.8 Å². The highest BCUT2D eigenvalue weighted by Gasteiger charge is 2.31. The zero-order chi connectivity index (χ0) is 9.31. The summed E-state index contributed by atoms with van der Waals surface area (Å²) in [6.45, 7) is 3.38. The Morgan fingerprint density at radius 1 is 1.69 bits per heavy atom. The maximum Gasteiger partial charge on any atom is 0.139 e. The number of anilines is 2. The Labute approximate surface area is 82.5 Å². The molecule has 1 aliphatic carbocycles. The minimum atomic E-state index is 0.513. The monoisotopic (exact) mass is 197 g/mol. The molecule has 1 saturated carbocycles. The normalized spacial score (nSPS) is 19.5. The van der Waals surface area contributed by atoms with Gasteiger partial charge in [0.25, 0.3) is 0 Å². The molecule has 0 bridgehead atoms. The molecule has 0 aromatic carbocycles. The predicted molar refractivity (Wildman–Crippen MR) is 57.0 cm³/mol. The lowest BCUT2D eigenvalue weighted by Crippen LogP contribution is -2.33. The molecule has 3 N–H and O–H groups in total. The Kier molecular flexibility index (Phi) is 2.15. The second-order valence-corrected chi connectivity index (χ2v) is 4.94. The molecule has 0 atom stereocenters. The van der Waals surface area contributed by atoms with Gasteiger partial charge in [0, 0.05) is 12.6 Å². The highest BCUT2D eigenvalue weighted by atomic mass is 32.1. The van der Waals surface area contributed by atoms with Gasteiger partial charge >= 0.3 is 0 Å². The van der Waals surface area contributed by atoms with E-state index in [0.29, 0.717) is 11.2 Å². The lowest BCUT2D eigenvalue weighted by atomic mass is 9.70. The predicted octanol–water partition coefficient (Wildman–Crippen LogP) is 2.33. The SMILES string of the molecule is CC1(CNc2cc(N)ns2)CCC1. The molecule has 0 radical (unpaired) electrons. The van der Waals surface area contributed by atoms with Crippen molar-refractivity contribution in [2.24, 2.45) is 5.41 Å². The average molecular weight is 197 g/mol. The van der Waals surface area contributed by atoms with Crippen molar-refractivity contribution in [3.8, 4) is 0 Å². The summed E-state index contributed by atoms with van der Waals surface area (Å²) < 4.78 is 4.02. The van der Waals surface area contributed by atoms with Crippen LogP contribution in [0.5, 0.6) is 0 Å². The highest BCUT2D eigenvalue weighted by molar-refractivity contribution is 7.10. The van der Waals surface area contributed by atoms with Gasteiger partial charge in [-0.05, 0) is 29.8 Å². The Bertz CT molecular complexity index is 291. The van der Waals surface area contributed by atoms with E-state index in [1.807, 2.05) is 6.07 Å². The van der Waals surface area contributed by atoms with Crippen LogP contribution in [0.15, 0.2) is 6.07 Å². The van der Waals surface area contributed by atoms with Crippen molar-refractivity contribution < 1.29 is 0 Å². The molecule has 1 heterocycles. The highest BCUT2D eigenvalue weighted by Crippen LogP contribution is 2.40. The second-order valence-electron chi connectivity index (χ2n) is 4.13. The van der Waals surface area contributed by atoms with Crippen molar-refractivity contribution in [2.45, 2.75) is 26.2 Å². The van der Waals surface area contributed by atoms with Gasteiger partial charge < -0.3 is 11.1 Å². The molecule has 0 amide bonds. The number of hydrogen-bond donors (Lipinski definition) is 2. The molecule has 0 saturated heterocycles. The molecule has 0 unspecified atom stereocenters. The van der Waals surface area contributed by atoms with E-state index in [4.69, 9.17) is 5.73 Å². The Balaban J connectivity index is 1.85. The van der Waals surface area contributed by atoms with Gasteiger partial charge in [-0.15, -0.1) is 0 Å². The van der Waals surface area contributed by atoms with Crippen molar-refractivity contribution in [1.29, 1.82) is 0 Å². The van der Waals surface area contributed by atoms with Crippen LogP contribution >= 0.6 is 11.5 Å². The summed E-state index contributed by atoms with van der Waals surface area (Å²) in [6, 6.07) is 1.90. The Morgan fingerprint density at radius 3 is 2.92 bits per heavy atom. The average Bonchev–Trinajstić information content (AvgIpc) is 2.44. The van der Waals surface area contributed by atoms with Gasteiger partial charge in [-0.1, -0.05) is 13.3 Å². The van der Waals surface area contributed by atoms with Crippen LogP contribution in [-0.4, -0.2) is 10.9 Å². The largest absolute Gasteiger partial charge is 0.383 e. The van der Waals surface area contributed by atoms with Crippen molar-refractivity contribution in [1.82, 2.24) is 4.37 Å². The maximum atomic E-state index is 5.52. The van der Waals surface area contributed by atoms with E-state index in [9.17, 15) is 0 Å². The fraction of sp³-hybridized carbons (Fsp3) is 0.667. The van der Waals surface area contributed by atoms with Crippen molar-refractivity contribution in [3.63, 3.8) is 0 Å². The van der Waals surface area contributed by atoms with Crippen LogP contribution in [0.2, 0.25) is 0 Å². The fourth-order valence-corrected chi connectivity index (χ4v) is 2.20. The van der Waals surface area contributed by atoms with E-state index in [1.54, 1.807) is 0 Å². The summed E-state index contributed by atoms with van der Waals surface area (Å²) in [5.41, 5.74) is 6.04. The topological polar surface area (TPSA) is 50.9 Å². The first-order valence-corrected chi connectivity index (χ1v) is 5.41. The molecule has 1 aromatic rings. The van der Waals surface area contributed by atoms with Crippen LogP contribution in [-0.2, 0) is 0 Å². The van der Waals surface area contributed by atoms with Crippen molar-refractivity contribution in [3.05, 3.63) is 6.07 Å². The zero-order valence-electron chi connectivity index (χ0n) is 7.84. The Morgan fingerprint density at radius 2 is 2.46 bits per heavy atom. The number of nitrogens with two attached hydrogens (primary N) is 1. The molecule has 3 nitrogen and oxygen atoms in total. The van der Waals surface area contributed by atoms with E-state index in [2.05, 4.69) is 16.6 Å². The number of hydrogen-bond acceptors (Lipinski definition) is 4. The number of aromatic nitrogens is 1. The molecular formula is C9H15N3S. The van der Waals surface area contributed by atoms with Gasteiger partial charge in [0.1, 0.15) is 10.8 Å². The van der Waals surface area contributed by atoms with E-state index in [1.165, 1.54) is 30.8 Å². The lowest BCUT2D eigenvalue weighted by molar-refractivity contribution is 0.180. The molecule has 0 aliphatic heterocycles. The van der Waals surface area contributed by atoms with Gasteiger partial charge in [0.05, 0.1) is 0 Å². The summed E-state index contributed by atoms with van der Waals surface area (Å²) in [5.74, 6) is 0.617. The van der Waals surface area contributed by atoms with Crippen LogP contribution in [0.25, 0.3) is 0 Å². The van der Waals surface area contributed by atoms with E-state index in [-0.39, 0.29) is 0 Å². The van der Waals surface area contributed by atoms with Crippen molar-refractivity contribution in [2.75, 3.05) is 17.6 Å². The summed E-state index contributed by atoms with van der Waals surface area (Å²) in [5, 5.41) is 4.47. The van der Waals surface area contributed by atoms with E-state index >= 15 is 0 Å². The molecule has 1 fully saturated rings. The van der Waals surface area contributed by atoms with Gasteiger partial charge in [0.2, 0.25) is 0 Å². The van der Waals surface area contributed by atoms with Gasteiger partial charge in [0.15, 0.2) is 0 Å². The first kappa shape index (κ1) is 8.81. The third-order valence-corrected chi connectivity index (χ3v) is 3.54. The van der Waals surface area contributed by atoms with Crippen LogP contribution in [0.3, 0.4) is 0 Å². The third-order valence-electron chi connectivity index (χ3n) is 2.78. The lowest BCUT2D eigenvalue weighted by Gasteiger charge is -2.38. The fourth-order valence-electron chi connectivity index (χ4n) is 1.63. The first-order chi connectivity index (χ1) is 6.18. The zero-order valence-corrected chi connectivity index (χ0v) is 8.66. The van der Waals surface area contributed by atoms with Gasteiger partial charge in [-0.3, -0.25) is 0 Å².